The van der Waals surface area contributed by atoms with Crippen LogP contribution in [0.4, 0.5) is 11.4 Å². The van der Waals surface area contributed by atoms with Crippen LogP contribution in [-0.2, 0) is 0 Å². The van der Waals surface area contributed by atoms with Gasteiger partial charge >= 0.3 is 0 Å². The molecule has 1 aliphatic rings. The quantitative estimate of drug-likeness (QED) is 0.669. The maximum absolute atomic E-state index is 10.3. The van der Waals surface area contributed by atoms with Crippen LogP contribution in [0.3, 0.4) is 0 Å². The third-order valence-electron chi connectivity index (χ3n) is 4.87. The lowest BCUT2D eigenvalue weighted by Crippen LogP contribution is -2.49. The number of nitrogen functional groups attached to an aromatic ring is 1. The number of hydrogen-bond acceptors (Lipinski definition) is 7. The van der Waals surface area contributed by atoms with E-state index in [9.17, 15) is 5.11 Å². The lowest BCUT2D eigenvalue weighted by atomic mass is 10.2. The number of nitrogens with two attached hydrogens (primary N) is 1. The van der Waals surface area contributed by atoms with Crippen LogP contribution in [0.1, 0.15) is 0 Å². The highest BCUT2D eigenvalue weighted by atomic mass is 16.5. The van der Waals surface area contributed by atoms with Crippen molar-refractivity contribution >= 4 is 11.4 Å². The van der Waals surface area contributed by atoms with Gasteiger partial charge < -0.3 is 30.0 Å². The molecule has 0 spiro atoms. The van der Waals surface area contributed by atoms with Gasteiger partial charge in [0.05, 0.1) is 14.2 Å². The first-order valence-electron chi connectivity index (χ1n) is 9.44. The van der Waals surface area contributed by atoms with Crippen molar-refractivity contribution in [1.82, 2.24) is 4.90 Å². The molecule has 7 nitrogen and oxygen atoms in total. The Kier molecular flexibility index (Phi) is 6.84. The van der Waals surface area contributed by atoms with Crippen LogP contribution in [-0.4, -0.2) is 69.7 Å². The molecule has 2 aromatic carbocycles. The molecule has 1 saturated heterocycles. The van der Waals surface area contributed by atoms with Gasteiger partial charge in [-0.15, -0.1) is 0 Å². The maximum Gasteiger partial charge on any atom is 0.124 e. The molecule has 0 radical (unpaired) electrons. The topological polar surface area (TPSA) is 80.4 Å². The molecule has 1 fully saturated rings. The molecule has 0 aliphatic carbocycles. The molecule has 152 valence electrons. The van der Waals surface area contributed by atoms with Crippen molar-refractivity contribution in [3.63, 3.8) is 0 Å². The van der Waals surface area contributed by atoms with E-state index in [-0.39, 0.29) is 6.61 Å². The van der Waals surface area contributed by atoms with E-state index in [2.05, 4.69) is 9.80 Å². The molecule has 0 amide bonds. The summed E-state index contributed by atoms with van der Waals surface area (Å²) < 4.78 is 16.4. The highest BCUT2D eigenvalue weighted by Gasteiger charge is 2.20. The lowest BCUT2D eigenvalue weighted by Gasteiger charge is -2.37. The van der Waals surface area contributed by atoms with Crippen molar-refractivity contribution in [1.29, 1.82) is 0 Å². The number of anilines is 2. The van der Waals surface area contributed by atoms with E-state index in [1.165, 1.54) is 0 Å². The first kappa shape index (κ1) is 20.1. The first-order chi connectivity index (χ1) is 13.6. The third-order valence-corrected chi connectivity index (χ3v) is 4.87. The fourth-order valence-corrected chi connectivity index (χ4v) is 3.27. The number of benzene rings is 2. The second-order valence-electron chi connectivity index (χ2n) is 6.89. The number of hydrogen-bond donors (Lipinski definition) is 2. The zero-order valence-electron chi connectivity index (χ0n) is 16.5. The largest absolute Gasteiger partial charge is 0.497 e. The van der Waals surface area contributed by atoms with E-state index in [0.717, 1.165) is 43.4 Å². The molecule has 1 unspecified atom stereocenters. The number of rotatable bonds is 8. The number of aliphatic hydroxyl groups is 1. The van der Waals surface area contributed by atoms with Crippen molar-refractivity contribution < 1.29 is 19.3 Å². The molecule has 3 N–H and O–H groups in total. The summed E-state index contributed by atoms with van der Waals surface area (Å²) in [6.45, 7) is 4.35. The van der Waals surface area contributed by atoms with Gasteiger partial charge in [0.25, 0.3) is 0 Å². The average molecular weight is 387 g/mol. The average Bonchev–Trinajstić information content (AvgIpc) is 2.73. The van der Waals surface area contributed by atoms with Crippen molar-refractivity contribution in [3.8, 4) is 17.2 Å². The molecule has 0 aromatic heterocycles. The van der Waals surface area contributed by atoms with E-state index >= 15 is 0 Å². The second-order valence-corrected chi connectivity index (χ2v) is 6.89. The molecule has 1 aliphatic heterocycles. The van der Waals surface area contributed by atoms with Gasteiger partial charge in [0, 0.05) is 62.3 Å². The summed E-state index contributed by atoms with van der Waals surface area (Å²) in [4.78, 5) is 4.56. The number of aliphatic hydroxyl groups excluding tert-OH is 1. The summed E-state index contributed by atoms with van der Waals surface area (Å²) in [6, 6.07) is 13.1. The molecular formula is C21H29N3O4. The van der Waals surface area contributed by atoms with Gasteiger partial charge in [-0.2, -0.15) is 0 Å². The molecule has 28 heavy (non-hydrogen) atoms. The summed E-state index contributed by atoms with van der Waals surface area (Å²) in [6.07, 6.45) is -0.541. The van der Waals surface area contributed by atoms with Crippen LogP contribution in [0.25, 0.3) is 0 Å². The Hall–Kier alpha value is -2.64. The molecule has 1 atom stereocenters. The zero-order valence-corrected chi connectivity index (χ0v) is 16.5. The van der Waals surface area contributed by atoms with Gasteiger partial charge in [0.1, 0.15) is 30.0 Å². The predicted octanol–water partition coefficient (Wildman–Crippen LogP) is 1.85. The number of nitrogens with zero attached hydrogens (tertiary/aromatic N) is 2. The Morgan fingerprint density at radius 3 is 2.11 bits per heavy atom. The minimum Gasteiger partial charge on any atom is -0.497 e. The first-order valence-corrected chi connectivity index (χ1v) is 9.44. The van der Waals surface area contributed by atoms with Gasteiger partial charge in [-0.25, -0.2) is 0 Å². The van der Waals surface area contributed by atoms with E-state index in [1.807, 2.05) is 30.3 Å². The number of β-amino-alcohol motifs (C(OH)–C–C–N with tert-alkyl or cyclic N) is 1. The molecular weight excluding hydrogens is 358 g/mol. The molecule has 3 rings (SSSR count). The van der Waals surface area contributed by atoms with E-state index in [1.54, 1.807) is 26.4 Å². The SMILES string of the molecule is COc1cc(OC)cc(N2CCN(CC(O)COc3ccc(N)cc3)CC2)c1. The van der Waals surface area contributed by atoms with E-state index < -0.39 is 6.10 Å². The minimum atomic E-state index is -0.541. The summed E-state index contributed by atoms with van der Waals surface area (Å²) in [5, 5.41) is 10.3. The van der Waals surface area contributed by atoms with Gasteiger partial charge in [-0.1, -0.05) is 0 Å². The molecule has 0 bridgehead atoms. The van der Waals surface area contributed by atoms with Crippen LogP contribution >= 0.6 is 0 Å². The van der Waals surface area contributed by atoms with E-state index in [4.69, 9.17) is 19.9 Å². The van der Waals surface area contributed by atoms with Gasteiger partial charge in [-0.05, 0) is 24.3 Å². The van der Waals surface area contributed by atoms with Gasteiger partial charge in [0.2, 0.25) is 0 Å². The fraction of sp³-hybridized carbons (Fsp3) is 0.429. The summed E-state index contributed by atoms with van der Waals surface area (Å²) in [5.41, 5.74) is 7.44. The molecule has 7 heteroatoms. The number of ether oxygens (including phenoxy) is 3. The van der Waals surface area contributed by atoms with Crippen molar-refractivity contribution in [2.75, 3.05) is 64.2 Å². The Balaban J connectivity index is 1.46. The van der Waals surface area contributed by atoms with E-state index in [0.29, 0.717) is 18.0 Å². The molecule has 1 heterocycles. The normalized spacial score (nSPS) is 15.9. The maximum atomic E-state index is 10.3. The van der Waals surface area contributed by atoms with Gasteiger partial charge in [-0.3, -0.25) is 4.90 Å². The van der Waals surface area contributed by atoms with Crippen LogP contribution in [0.5, 0.6) is 17.2 Å². The summed E-state index contributed by atoms with van der Waals surface area (Å²) in [7, 11) is 3.31. The summed E-state index contributed by atoms with van der Waals surface area (Å²) in [5.74, 6) is 2.28. The predicted molar refractivity (Wildman–Crippen MR) is 111 cm³/mol. The number of methoxy groups -OCH3 is 2. The van der Waals surface area contributed by atoms with Crippen LogP contribution in [0.15, 0.2) is 42.5 Å². The monoisotopic (exact) mass is 387 g/mol. The number of piperazine rings is 1. The van der Waals surface area contributed by atoms with Crippen molar-refractivity contribution in [2.24, 2.45) is 0 Å². The minimum absolute atomic E-state index is 0.261. The molecule has 2 aromatic rings. The Morgan fingerprint density at radius 2 is 1.54 bits per heavy atom. The third kappa shape index (κ3) is 5.43. The summed E-state index contributed by atoms with van der Waals surface area (Å²) >= 11 is 0. The van der Waals surface area contributed by atoms with Crippen LogP contribution in [0.2, 0.25) is 0 Å². The Labute approximate surface area is 166 Å². The zero-order chi connectivity index (χ0) is 19.9. The van der Waals surface area contributed by atoms with Gasteiger partial charge in [0.15, 0.2) is 0 Å². The smallest absolute Gasteiger partial charge is 0.124 e. The highest BCUT2D eigenvalue weighted by molar-refractivity contribution is 5.56. The highest BCUT2D eigenvalue weighted by Crippen LogP contribution is 2.29. The van der Waals surface area contributed by atoms with Crippen LogP contribution in [0, 0.1) is 0 Å². The van der Waals surface area contributed by atoms with Crippen LogP contribution < -0.4 is 24.8 Å². The Bertz CT molecular complexity index is 724. The standard InChI is InChI=1S/C21H29N3O4/c1-26-20-11-17(12-21(13-20)27-2)24-9-7-23(8-10-24)14-18(25)15-28-19-5-3-16(22)4-6-19/h3-6,11-13,18,25H,7-10,14-15,22H2,1-2H3. The van der Waals surface area contributed by atoms with Crippen molar-refractivity contribution in [3.05, 3.63) is 42.5 Å². The second kappa shape index (κ2) is 9.52. The molecule has 0 saturated carbocycles. The lowest BCUT2D eigenvalue weighted by molar-refractivity contribution is 0.0663. The van der Waals surface area contributed by atoms with Crippen molar-refractivity contribution in [2.45, 2.75) is 6.10 Å². The Morgan fingerprint density at radius 1 is 0.929 bits per heavy atom. The fourth-order valence-electron chi connectivity index (χ4n) is 3.27.